The number of halogens is 1. The van der Waals surface area contributed by atoms with Crippen molar-refractivity contribution in [1.29, 1.82) is 0 Å². The average Bonchev–Trinajstić information content (AvgIpc) is 3.32. The number of aryl methyl sites for hydroxylation is 2. The first-order valence-electron chi connectivity index (χ1n) is 8.71. The van der Waals surface area contributed by atoms with Crippen LogP contribution in [0.5, 0.6) is 0 Å². The second-order valence-electron chi connectivity index (χ2n) is 7.35. The summed E-state index contributed by atoms with van der Waals surface area (Å²) >= 11 is 3.50. The molecule has 2 aromatic rings. The minimum Gasteiger partial charge on any atom is -0.328 e. The highest BCUT2D eigenvalue weighted by Gasteiger charge is 2.51. The maximum absolute atomic E-state index is 12.9. The van der Waals surface area contributed by atoms with Crippen LogP contribution in [0.2, 0.25) is 0 Å². The van der Waals surface area contributed by atoms with Crippen LogP contribution in [0.1, 0.15) is 40.0 Å². The van der Waals surface area contributed by atoms with E-state index in [2.05, 4.69) is 32.3 Å². The van der Waals surface area contributed by atoms with E-state index >= 15 is 0 Å². The van der Waals surface area contributed by atoms with Gasteiger partial charge in [-0.2, -0.15) is 0 Å². The molecule has 1 aliphatic heterocycles. The van der Waals surface area contributed by atoms with E-state index in [4.69, 9.17) is 0 Å². The molecule has 0 bridgehead atoms. The van der Waals surface area contributed by atoms with Crippen molar-refractivity contribution in [3.8, 4) is 0 Å². The van der Waals surface area contributed by atoms with Gasteiger partial charge in [-0.15, -0.1) is 0 Å². The number of hydrogen-bond acceptors (Lipinski definition) is 3. The molecular weight excluding hydrogens is 394 g/mol. The number of pyridine rings is 1. The van der Waals surface area contributed by atoms with Crippen LogP contribution in [0.4, 0.5) is 5.82 Å². The van der Waals surface area contributed by atoms with Gasteiger partial charge in [0.15, 0.2) is 0 Å². The van der Waals surface area contributed by atoms with Crippen molar-refractivity contribution in [3.05, 3.63) is 57.2 Å². The van der Waals surface area contributed by atoms with Crippen molar-refractivity contribution >= 4 is 33.6 Å². The van der Waals surface area contributed by atoms with Crippen LogP contribution in [0, 0.1) is 13.8 Å². The first kappa shape index (κ1) is 17.2. The molecule has 1 aromatic carbocycles. The lowest BCUT2D eigenvalue weighted by molar-refractivity contribution is -0.117. The molecule has 5 nitrogen and oxygen atoms in total. The molecule has 134 valence electrons. The number of nitrogens with zero attached hydrogens (tertiary/aromatic N) is 2. The summed E-state index contributed by atoms with van der Waals surface area (Å²) in [5.41, 5.74) is 3.74. The van der Waals surface area contributed by atoms with E-state index in [0.29, 0.717) is 17.9 Å². The SMILES string of the molecule is Cc1cc(C)nc(NC(=O)CN2CC3(CC3)c3cc(Br)ccc3C2=O)c1. The summed E-state index contributed by atoms with van der Waals surface area (Å²) in [7, 11) is 0. The molecule has 1 N–H and O–H groups in total. The predicted octanol–water partition coefficient (Wildman–Crippen LogP) is 3.59. The molecule has 0 saturated heterocycles. The van der Waals surface area contributed by atoms with E-state index in [0.717, 1.165) is 34.1 Å². The van der Waals surface area contributed by atoms with E-state index in [-0.39, 0.29) is 23.8 Å². The Morgan fingerprint density at radius 2 is 2.04 bits per heavy atom. The summed E-state index contributed by atoms with van der Waals surface area (Å²) in [6.45, 7) is 4.50. The Morgan fingerprint density at radius 3 is 2.73 bits per heavy atom. The molecule has 0 radical (unpaired) electrons. The Hall–Kier alpha value is -2.21. The third-order valence-corrected chi connectivity index (χ3v) is 5.61. The second-order valence-corrected chi connectivity index (χ2v) is 8.27. The highest BCUT2D eigenvalue weighted by Crippen LogP contribution is 2.52. The molecule has 4 rings (SSSR count). The molecule has 1 saturated carbocycles. The molecule has 26 heavy (non-hydrogen) atoms. The van der Waals surface area contributed by atoms with Gasteiger partial charge in [0, 0.05) is 27.7 Å². The van der Waals surface area contributed by atoms with E-state index in [1.165, 1.54) is 0 Å². The number of anilines is 1. The largest absolute Gasteiger partial charge is 0.328 e. The minimum absolute atomic E-state index is 0.0193. The molecule has 0 atom stereocenters. The number of fused-ring (bicyclic) bond motifs is 2. The van der Waals surface area contributed by atoms with E-state index in [1.807, 2.05) is 38.1 Å². The fourth-order valence-electron chi connectivity index (χ4n) is 3.80. The van der Waals surface area contributed by atoms with Crippen molar-refractivity contribution in [2.45, 2.75) is 32.1 Å². The van der Waals surface area contributed by atoms with Crippen molar-refractivity contribution in [2.24, 2.45) is 0 Å². The van der Waals surface area contributed by atoms with Gasteiger partial charge in [-0.05, 0) is 68.1 Å². The summed E-state index contributed by atoms with van der Waals surface area (Å²) in [4.78, 5) is 31.3. The van der Waals surface area contributed by atoms with E-state index < -0.39 is 0 Å². The van der Waals surface area contributed by atoms with Gasteiger partial charge in [0.05, 0.1) is 0 Å². The molecule has 1 aromatic heterocycles. The third kappa shape index (κ3) is 3.14. The van der Waals surface area contributed by atoms with Crippen LogP contribution < -0.4 is 5.32 Å². The van der Waals surface area contributed by atoms with Gasteiger partial charge < -0.3 is 10.2 Å². The van der Waals surface area contributed by atoms with Crippen molar-refractivity contribution < 1.29 is 9.59 Å². The standard InChI is InChI=1S/C20H20BrN3O2/c1-12-7-13(2)22-17(8-12)23-18(25)10-24-11-20(5-6-20)16-9-14(21)3-4-15(16)19(24)26/h3-4,7-9H,5-6,10-11H2,1-2H3,(H,22,23,25). The molecule has 1 fully saturated rings. The minimum atomic E-state index is -0.216. The van der Waals surface area contributed by atoms with Crippen LogP contribution in [0.15, 0.2) is 34.8 Å². The van der Waals surface area contributed by atoms with Gasteiger partial charge in [0.1, 0.15) is 12.4 Å². The topological polar surface area (TPSA) is 62.3 Å². The Balaban J connectivity index is 1.53. The summed E-state index contributed by atoms with van der Waals surface area (Å²) in [5, 5.41) is 2.82. The predicted molar refractivity (Wildman–Crippen MR) is 103 cm³/mol. The number of carbonyl (C=O) groups excluding carboxylic acids is 2. The van der Waals surface area contributed by atoms with Crippen molar-refractivity contribution in [1.82, 2.24) is 9.88 Å². The zero-order valence-electron chi connectivity index (χ0n) is 14.8. The second kappa shape index (κ2) is 6.20. The normalized spacial score (nSPS) is 17.2. The number of rotatable bonds is 3. The lowest BCUT2D eigenvalue weighted by Gasteiger charge is -2.34. The first-order valence-corrected chi connectivity index (χ1v) is 9.50. The maximum atomic E-state index is 12.9. The Kier molecular flexibility index (Phi) is 4.10. The summed E-state index contributed by atoms with van der Waals surface area (Å²) in [5.74, 6) is 0.239. The molecule has 6 heteroatoms. The fourth-order valence-corrected chi connectivity index (χ4v) is 4.16. The van der Waals surface area contributed by atoms with Crippen LogP contribution in [0.25, 0.3) is 0 Å². The fraction of sp³-hybridized carbons (Fsp3) is 0.350. The molecule has 0 unspecified atom stereocenters. The van der Waals surface area contributed by atoms with Crippen LogP contribution in [-0.2, 0) is 10.2 Å². The maximum Gasteiger partial charge on any atom is 0.254 e. The number of benzene rings is 1. The van der Waals surface area contributed by atoms with E-state index in [1.54, 1.807) is 4.90 Å². The molecule has 1 aliphatic carbocycles. The number of carbonyl (C=O) groups is 2. The van der Waals surface area contributed by atoms with Gasteiger partial charge >= 0.3 is 0 Å². The van der Waals surface area contributed by atoms with Crippen molar-refractivity contribution in [2.75, 3.05) is 18.4 Å². The van der Waals surface area contributed by atoms with Gasteiger partial charge in [-0.3, -0.25) is 9.59 Å². The molecular formula is C20H20BrN3O2. The molecule has 2 amide bonds. The Morgan fingerprint density at radius 1 is 1.27 bits per heavy atom. The summed E-state index contributed by atoms with van der Waals surface area (Å²) in [6.07, 6.45) is 2.11. The van der Waals surface area contributed by atoms with Crippen LogP contribution in [0.3, 0.4) is 0 Å². The number of hydrogen-bond donors (Lipinski definition) is 1. The summed E-state index contributed by atoms with van der Waals surface area (Å²) in [6, 6.07) is 9.58. The zero-order chi connectivity index (χ0) is 18.5. The zero-order valence-corrected chi connectivity index (χ0v) is 16.4. The Bertz CT molecular complexity index is 901. The third-order valence-electron chi connectivity index (χ3n) is 5.12. The lowest BCUT2D eigenvalue weighted by Crippen LogP contribution is -2.46. The monoisotopic (exact) mass is 413 g/mol. The Labute approximate surface area is 160 Å². The average molecular weight is 414 g/mol. The van der Waals surface area contributed by atoms with Gasteiger partial charge in [0.25, 0.3) is 5.91 Å². The smallest absolute Gasteiger partial charge is 0.254 e. The molecule has 2 heterocycles. The van der Waals surface area contributed by atoms with Gasteiger partial charge in [0.2, 0.25) is 5.91 Å². The van der Waals surface area contributed by atoms with Gasteiger partial charge in [-0.1, -0.05) is 15.9 Å². The van der Waals surface area contributed by atoms with Crippen molar-refractivity contribution in [3.63, 3.8) is 0 Å². The number of nitrogens with one attached hydrogen (secondary N) is 1. The van der Waals surface area contributed by atoms with Crippen LogP contribution in [-0.4, -0.2) is 34.8 Å². The highest BCUT2D eigenvalue weighted by molar-refractivity contribution is 9.10. The summed E-state index contributed by atoms with van der Waals surface area (Å²) < 4.78 is 0.988. The first-order chi connectivity index (χ1) is 12.4. The molecule has 1 spiro atoms. The lowest BCUT2D eigenvalue weighted by atomic mass is 9.86. The quantitative estimate of drug-likeness (QED) is 0.835. The number of aromatic nitrogens is 1. The highest BCUT2D eigenvalue weighted by atomic mass is 79.9. The van der Waals surface area contributed by atoms with E-state index in [9.17, 15) is 9.59 Å². The molecule has 2 aliphatic rings. The van der Waals surface area contributed by atoms with Crippen LogP contribution >= 0.6 is 15.9 Å². The van der Waals surface area contributed by atoms with Gasteiger partial charge in [-0.25, -0.2) is 4.98 Å². The number of amides is 2.